The summed E-state index contributed by atoms with van der Waals surface area (Å²) in [5, 5.41) is 3.38. The molecule has 0 heterocycles. The lowest BCUT2D eigenvalue weighted by molar-refractivity contribution is -0.141. The number of anilines is 1. The van der Waals surface area contributed by atoms with E-state index in [4.69, 9.17) is 9.47 Å². The summed E-state index contributed by atoms with van der Waals surface area (Å²) in [7, 11) is 3.04. The van der Waals surface area contributed by atoms with Crippen molar-refractivity contribution in [3.05, 3.63) is 24.3 Å². The Hall–Kier alpha value is -1.71. The van der Waals surface area contributed by atoms with E-state index >= 15 is 0 Å². The lowest BCUT2D eigenvalue weighted by Gasteiger charge is -2.32. The summed E-state index contributed by atoms with van der Waals surface area (Å²) in [4.78, 5) is 11.5. The molecule has 1 N–H and O–H groups in total. The van der Waals surface area contributed by atoms with Gasteiger partial charge in [0, 0.05) is 6.04 Å². The van der Waals surface area contributed by atoms with Gasteiger partial charge in [0.05, 0.1) is 26.3 Å². The van der Waals surface area contributed by atoms with Gasteiger partial charge in [-0.05, 0) is 17.5 Å². The van der Waals surface area contributed by atoms with Gasteiger partial charge in [-0.15, -0.1) is 0 Å². The molecule has 0 aliphatic rings. The molecule has 0 saturated heterocycles. The van der Waals surface area contributed by atoms with Crippen molar-refractivity contribution >= 4 is 11.7 Å². The second-order valence-corrected chi connectivity index (χ2v) is 5.54. The molecule has 0 fully saturated rings. The number of methoxy groups -OCH3 is 2. The van der Waals surface area contributed by atoms with Gasteiger partial charge in [-0.25, -0.2) is 0 Å². The van der Waals surface area contributed by atoms with Crippen LogP contribution in [0.15, 0.2) is 24.3 Å². The van der Waals surface area contributed by atoms with Gasteiger partial charge in [-0.3, -0.25) is 4.79 Å². The van der Waals surface area contributed by atoms with Crippen molar-refractivity contribution in [1.82, 2.24) is 0 Å². The molecule has 1 aromatic carbocycles. The SMILES string of the molecule is COC(=O)CC(Nc1ccccc1OC)C(C)(C)C. The molecule has 0 saturated carbocycles. The van der Waals surface area contributed by atoms with Crippen molar-refractivity contribution in [2.24, 2.45) is 5.41 Å². The van der Waals surface area contributed by atoms with Crippen LogP contribution in [0.4, 0.5) is 5.69 Å². The van der Waals surface area contributed by atoms with Crippen LogP contribution in [0.1, 0.15) is 27.2 Å². The van der Waals surface area contributed by atoms with Gasteiger partial charge in [0.2, 0.25) is 0 Å². The summed E-state index contributed by atoms with van der Waals surface area (Å²) in [6.45, 7) is 6.26. The van der Waals surface area contributed by atoms with Crippen LogP contribution in [0.5, 0.6) is 5.75 Å². The largest absolute Gasteiger partial charge is 0.495 e. The fourth-order valence-corrected chi connectivity index (χ4v) is 1.78. The molecule has 4 heteroatoms. The highest BCUT2D eigenvalue weighted by molar-refractivity contribution is 5.71. The number of benzene rings is 1. The second kappa shape index (κ2) is 6.45. The first-order valence-corrected chi connectivity index (χ1v) is 6.35. The fourth-order valence-electron chi connectivity index (χ4n) is 1.78. The zero-order valence-corrected chi connectivity index (χ0v) is 12.3. The van der Waals surface area contributed by atoms with Gasteiger partial charge < -0.3 is 14.8 Å². The summed E-state index contributed by atoms with van der Waals surface area (Å²) in [5.74, 6) is 0.545. The molecule has 1 aromatic rings. The Bertz CT molecular complexity index is 424. The first kappa shape index (κ1) is 15.3. The van der Waals surface area contributed by atoms with Gasteiger partial charge in [0.25, 0.3) is 0 Å². The van der Waals surface area contributed by atoms with E-state index in [1.54, 1.807) is 7.11 Å². The normalized spacial score (nSPS) is 12.7. The van der Waals surface area contributed by atoms with E-state index in [1.807, 2.05) is 24.3 Å². The third-order valence-corrected chi connectivity index (χ3v) is 3.08. The molecular weight excluding hydrogens is 242 g/mol. The third kappa shape index (κ3) is 4.47. The minimum Gasteiger partial charge on any atom is -0.495 e. The average molecular weight is 265 g/mol. The molecule has 0 amide bonds. The highest BCUT2D eigenvalue weighted by Crippen LogP contribution is 2.30. The van der Waals surface area contributed by atoms with E-state index in [2.05, 4.69) is 26.1 Å². The summed E-state index contributed by atoms with van der Waals surface area (Å²) in [6, 6.07) is 7.64. The van der Waals surface area contributed by atoms with Gasteiger partial charge in [0.1, 0.15) is 5.75 Å². The van der Waals surface area contributed by atoms with Crippen molar-refractivity contribution in [1.29, 1.82) is 0 Å². The van der Waals surface area contributed by atoms with Crippen molar-refractivity contribution < 1.29 is 14.3 Å². The highest BCUT2D eigenvalue weighted by Gasteiger charge is 2.28. The van der Waals surface area contributed by atoms with Crippen LogP contribution < -0.4 is 10.1 Å². The molecule has 0 radical (unpaired) electrons. The zero-order valence-electron chi connectivity index (χ0n) is 12.3. The van der Waals surface area contributed by atoms with Crippen LogP contribution in [-0.2, 0) is 9.53 Å². The van der Waals surface area contributed by atoms with Crippen LogP contribution in [0, 0.1) is 5.41 Å². The van der Waals surface area contributed by atoms with Gasteiger partial charge in [0.15, 0.2) is 0 Å². The Morgan fingerprint density at radius 1 is 1.26 bits per heavy atom. The Labute approximate surface area is 115 Å². The lowest BCUT2D eigenvalue weighted by Crippen LogP contribution is -2.36. The summed E-state index contributed by atoms with van der Waals surface area (Å²) >= 11 is 0. The Kier molecular flexibility index (Phi) is 5.21. The maximum atomic E-state index is 11.5. The van der Waals surface area contributed by atoms with Crippen molar-refractivity contribution in [3.63, 3.8) is 0 Å². The molecule has 0 bridgehead atoms. The Morgan fingerprint density at radius 3 is 2.42 bits per heavy atom. The first-order valence-electron chi connectivity index (χ1n) is 6.35. The van der Waals surface area contributed by atoms with E-state index in [0.29, 0.717) is 6.42 Å². The maximum Gasteiger partial charge on any atom is 0.307 e. The summed E-state index contributed by atoms with van der Waals surface area (Å²) < 4.78 is 10.1. The number of hydrogen-bond donors (Lipinski definition) is 1. The quantitative estimate of drug-likeness (QED) is 0.831. The predicted molar refractivity (Wildman–Crippen MR) is 76.5 cm³/mol. The molecule has 19 heavy (non-hydrogen) atoms. The smallest absolute Gasteiger partial charge is 0.307 e. The van der Waals surface area contributed by atoms with Crippen LogP contribution in [0.25, 0.3) is 0 Å². The molecule has 0 spiro atoms. The number of carbonyl (C=O) groups is 1. The minimum absolute atomic E-state index is 0.0313. The molecule has 0 aliphatic heterocycles. The van der Waals surface area contributed by atoms with Gasteiger partial charge in [-0.1, -0.05) is 32.9 Å². The summed E-state index contributed by atoms with van der Waals surface area (Å²) in [5.41, 5.74) is 0.809. The Morgan fingerprint density at radius 2 is 1.89 bits per heavy atom. The van der Waals surface area contributed by atoms with Crippen molar-refractivity contribution in [2.75, 3.05) is 19.5 Å². The number of esters is 1. The molecule has 0 aromatic heterocycles. The monoisotopic (exact) mass is 265 g/mol. The van der Waals surface area contributed by atoms with Crippen molar-refractivity contribution in [3.8, 4) is 5.75 Å². The van der Waals surface area contributed by atoms with Crippen LogP contribution in [-0.4, -0.2) is 26.2 Å². The standard InChI is InChI=1S/C15H23NO3/c1-15(2,3)13(10-14(17)19-5)16-11-8-6-7-9-12(11)18-4/h6-9,13,16H,10H2,1-5H3. The lowest BCUT2D eigenvalue weighted by atomic mass is 9.84. The van der Waals surface area contributed by atoms with E-state index in [9.17, 15) is 4.79 Å². The predicted octanol–water partition coefficient (Wildman–Crippen LogP) is 3.08. The topological polar surface area (TPSA) is 47.6 Å². The van der Waals surface area contributed by atoms with Crippen LogP contribution in [0.3, 0.4) is 0 Å². The van der Waals surface area contributed by atoms with Crippen LogP contribution >= 0.6 is 0 Å². The first-order chi connectivity index (χ1) is 8.88. The van der Waals surface area contributed by atoms with E-state index in [-0.39, 0.29) is 17.4 Å². The third-order valence-electron chi connectivity index (χ3n) is 3.08. The van der Waals surface area contributed by atoms with Crippen LogP contribution in [0.2, 0.25) is 0 Å². The molecule has 1 atom stereocenters. The average Bonchev–Trinajstić information content (AvgIpc) is 2.37. The second-order valence-electron chi connectivity index (χ2n) is 5.54. The minimum atomic E-state index is -0.220. The van der Waals surface area contributed by atoms with E-state index in [0.717, 1.165) is 11.4 Å². The molecule has 4 nitrogen and oxygen atoms in total. The molecule has 0 aliphatic carbocycles. The number of hydrogen-bond acceptors (Lipinski definition) is 4. The van der Waals surface area contributed by atoms with Crippen molar-refractivity contribution in [2.45, 2.75) is 33.2 Å². The maximum absolute atomic E-state index is 11.5. The van der Waals surface area contributed by atoms with Gasteiger partial charge >= 0.3 is 5.97 Å². The van der Waals surface area contributed by atoms with E-state index in [1.165, 1.54) is 7.11 Å². The molecular formula is C15H23NO3. The molecule has 1 unspecified atom stereocenters. The number of ether oxygens (including phenoxy) is 2. The zero-order chi connectivity index (χ0) is 14.5. The number of para-hydroxylation sites is 2. The molecule has 106 valence electrons. The number of nitrogens with one attached hydrogen (secondary N) is 1. The molecule has 1 rings (SSSR count). The van der Waals surface area contributed by atoms with E-state index < -0.39 is 0 Å². The number of rotatable bonds is 5. The Balaban J connectivity index is 2.91. The fraction of sp³-hybridized carbons (Fsp3) is 0.533. The van der Waals surface area contributed by atoms with Gasteiger partial charge in [-0.2, -0.15) is 0 Å². The number of carbonyl (C=O) groups excluding carboxylic acids is 1. The summed E-state index contributed by atoms with van der Waals surface area (Å²) in [6.07, 6.45) is 0.318. The highest BCUT2D eigenvalue weighted by atomic mass is 16.5.